The van der Waals surface area contributed by atoms with Crippen LogP contribution in [0.1, 0.15) is 10.4 Å². The summed E-state index contributed by atoms with van der Waals surface area (Å²) in [6.45, 7) is 0.401. The van der Waals surface area contributed by atoms with Crippen molar-refractivity contribution in [3.05, 3.63) is 48.0 Å². The summed E-state index contributed by atoms with van der Waals surface area (Å²) in [6.07, 6.45) is -0.343. The average Bonchev–Trinajstić information content (AvgIpc) is 2.84. The molecule has 0 radical (unpaired) electrons. The molecule has 3 nitrogen and oxygen atoms in total. The molecule has 0 saturated carbocycles. The minimum absolute atomic E-state index is 0.0247. The lowest BCUT2D eigenvalue weighted by Crippen LogP contribution is -2.30. The molecule has 1 amide bonds. The summed E-state index contributed by atoms with van der Waals surface area (Å²) in [5.41, 5.74) is 1.17. The van der Waals surface area contributed by atoms with Gasteiger partial charge in [0.05, 0.1) is 10.9 Å². The number of carbonyl (C=O) groups is 1. The average molecular weight is 306 g/mol. The number of benzene rings is 2. The molecule has 1 saturated heterocycles. The lowest BCUT2D eigenvalue weighted by Gasteiger charge is -2.17. The van der Waals surface area contributed by atoms with Crippen molar-refractivity contribution in [2.75, 3.05) is 6.61 Å². The summed E-state index contributed by atoms with van der Waals surface area (Å²) < 4.78 is 4.94. The molecule has 0 spiro atoms. The standard InChI is InChI=1S/C14H12BrNO2/c15-13(12-8-18-14(17)16-12)11-7-3-5-9-4-1-2-6-10(9)11/h1-7,12-13H,8H2,(H,16,17)/t12-,13+/m1/s1. The van der Waals surface area contributed by atoms with Crippen LogP contribution in [-0.4, -0.2) is 18.7 Å². The summed E-state index contributed by atoms with van der Waals surface area (Å²) in [6, 6.07) is 14.4. The Hall–Kier alpha value is -1.55. The number of hydrogen-bond acceptors (Lipinski definition) is 2. The summed E-state index contributed by atoms with van der Waals surface area (Å²) in [5, 5.41) is 5.20. The van der Waals surface area contributed by atoms with Gasteiger partial charge in [-0.15, -0.1) is 0 Å². The van der Waals surface area contributed by atoms with Crippen LogP contribution in [0.25, 0.3) is 10.8 Å². The number of carbonyl (C=O) groups excluding carboxylic acids is 1. The molecular weight excluding hydrogens is 294 g/mol. The summed E-state index contributed by atoms with van der Waals surface area (Å²) in [5.74, 6) is 0. The van der Waals surface area contributed by atoms with E-state index in [1.807, 2.05) is 18.2 Å². The van der Waals surface area contributed by atoms with Crippen molar-refractivity contribution in [1.29, 1.82) is 0 Å². The highest BCUT2D eigenvalue weighted by Gasteiger charge is 2.30. The lowest BCUT2D eigenvalue weighted by atomic mass is 9.99. The van der Waals surface area contributed by atoms with E-state index in [9.17, 15) is 4.79 Å². The van der Waals surface area contributed by atoms with Gasteiger partial charge in [-0.25, -0.2) is 4.79 Å². The Bertz CT molecular complexity index is 594. The van der Waals surface area contributed by atoms with E-state index < -0.39 is 0 Å². The molecular formula is C14H12BrNO2. The first kappa shape index (κ1) is 11.5. The molecule has 92 valence electrons. The molecule has 2 aromatic rings. The maximum atomic E-state index is 11.1. The van der Waals surface area contributed by atoms with E-state index in [0.29, 0.717) is 6.61 Å². The van der Waals surface area contributed by atoms with E-state index in [1.165, 1.54) is 16.3 Å². The van der Waals surface area contributed by atoms with Gasteiger partial charge in [0.25, 0.3) is 0 Å². The van der Waals surface area contributed by atoms with Gasteiger partial charge in [0.2, 0.25) is 0 Å². The predicted molar refractivity (Wildman–Crippen MR) is 73.9 cm³/mol. The fourth-order valence-electron chi connectivity index (χ4n) is 2.27. The van der Waals surface area contributed by atoms with Crippen molar-refractivity contribution in [2.24, 2.45) is 0 Å². The Morgan fingerprint density at radius 2 is 2.00 bits per heavy atom. The molecule has 1 aliphatic rings. The van der Waals surface area contributed by atoms with E-state index in [1.54, 1.807) is 0 Å². The Morgan fingerprint density at radius 3 is 2.78 bits per heavy atom. The molecule has 0 aromatic heterocycles. The molecule has 1 fully saturated rings. The Kier molecular flexibility index (Phi) is 2.96. The quantitative estimate of drug-likeness (QED) is 0.864. The van der Waals surface area contributed by atoms with Gasteiger partial charge in [0, 0.05) is 0 Å². The van der Waals surface area contributed by atoms with Crippen molar-refractivity contribution >= 4 is 32.8 Å². The number of alkyl halides is 1. The Labute approximate surface area is 113 Å². The first-order valence-electron chi connectivity index (χ1n) is 5.81. The number of nitrogens with one attached hydrogen (secondary N) is 1. The molecule has 0 bridgehead atoms. The summed E-state index contributed by atoms with van der Waals surface area (Å²) in [4.78, 5) is 11.1. The molecule has 18 heavy (non-hydrogen) atoms. The van der Waals surface area contributed by atoms with E-state index >= 15 is 0 Å². The third-order valence-electron chi connectivity index (χ3n) is 3.17. The van der Waals surface area contributed by atoms with Crippen LogP contribution in [0.5, 0.6) is 0 Å². The van der Waals surface area contributed by atoms with Gasteiger partial charge in [-0.3, -0.25) is 0 Å². The number of fused-ring (bicyclic) bond motifs is 1. The van der Waals surface area contributed by atoms with Crippen LogP contribution < -0.4 is 5.32 Å². The van der Waals surface area contributed by atoms with Crippen LogP contribution in [0.15, 0.2) is 42.5 Å². The number of halogens is 1. The first-order chi connectivity index (χ1) is 8.75. The fraction of sp³-hybridized carbons (Fsp3) is 0.214. The van der Waals surface area contributed by atoms with Crippen LogP contribution in [0.4, 0.5) is 4.79 Å². The monoisotopic (exact) mass is 305 g/mol. The van der Waals surface area contributed by atoms with Crippen LogP contribution in [-0.2, 0) is 4.74 Å². The number of amides is 1. The molecule has 3 rings (SSSR count). The van der Waals surface area contributed by atoms with Crippen LogP contribution in [0.2, 0.25) is 0 Å². The van der Waals surface area contributed by atoms with Gasteiger partial charge >= 0.3 is 6.09 Å². The highest BCUT2D eigenvalue weighted by Crippen LogP contribution is 2.33. The second-order valence-corrected chi connectivity index (χ2v) is 5.31. The number of hydrogen-bond donors (Lipinski definition) is 1. The molecule has 1 aliphatic heterocycles. The van der Waals surface area contributed by atoms with E-state index in [0.717, 1.165) is 0 Å². The van der Waals surface area contributed by atoms with Crippen molar-refractivity contribution in [3.8, 4) is 0 Å². The van der Waals surface area contributed by atoms with Gasteiger partial charge in [0.15, 0.2) is 0 Å². The molecule has 0 aliphatic carbocycles. The maximum Gasteiger partial charge on any atom is 0.407 e. The second-order valence-electron chi connectivity index (χ2n) is 4.32. The zero-order valence-corrected chi connectivity index (χ0v) is 11.2. The molecule has 0 unspecified atom stereocenters. The first-order valence-corrected chi connectivity index (χ1v) is 6.72. The zero-order chi connectivity index (χ0) is 12.5. The van der Waals surface area contributed by atoms with E-state index in [2.05, 4.69) is 45.5 Å². The summed E-state index contributed by atoms with van der Waals surface area (Å²) in [7, 11) is 0. The van der Waals surface area contributed by atoms with Crippen molar-refractivity contribution in [3.63, 3.8) is 0 Å². The molecule has 1 heterocycles. The number of rotatable bonds is 2. The third-order valence-corrected chi connectivity index (χ3v) is 4.30. The normalized spacial score (nSPS) is 20.5. The summed E-state index contributed by atoms with van der Waals surface area (Å²) >= 11 is 3.67. The molecule has 1 N–H and O–H groups in total. The van der Waals surface area contributed by atoms with Crippen molar-refractivity contribution < 1.29 is 9.53 Å². The number of cyclic esters (lactones) is 1. The van der Waals surface area contributed by atoms with Gasteiger partial charge in [-0.1, -0.05) is 58.4 Å². The fourth-order valence-corrected chi connectivity index (χ4v) is 2.95. The van der Waals surface area contributed by atoms with Crippen molar-refractivity contribution in [1.82, 2.24) is 5.32 Å². The minimum atomic E-state index is -0.343. The predicted octanol–water partition coefficient (Wildman–Crippen LogP) is 3.38. The number of ether oxygens (including phenoxy) is 1. The zero-order valence-electron chi connectivity index (χ0n) is 9.60. The minimum Gasteiger partial charge on any atom is -0.447 e. The molecule has 4 heteroatoms. The lowest BCUT2D eigenvalue weighted by molar-refractivity contribution is 0.177. The van der Waals surface area contributed by atoms with E-state index in [4.69, 9.17) is 4.74 Å². The number of alkyl carbamates (subject to hydrolysis) is 1. The van der Waals surface area contributed by atoms with Gasteiger partial charge in [-0.2, -0.15) is 0 Å². The van der Waals surface area contributed by atoms with Crippen LogP contribution in [0, 0.1) is 0 Å². The maximum absolute atomic E-state index is 11.1. The third kappa shape index (κ3) is 1.97. The highest BCUT2D eigenvalue weighted by molar-refractivity contribution is 9.09. The Morgan fingerprint density at radius 1 is 1.22 bits per heavy atom. The van der Waals surface area contributed by atoms with Gasteiger partial charge < -0.3 is 10.1 Å². The Balaban J connectivity index is 2.01. The second kappa shape index (κ2) is 4.61. The van der Waals surface area contributed by atoms with Crippen LogP contribution in [0.3, 0.4) is 0 Å². The van der Waals surface area contributed by atoms with Gasteiger partial charge in [0.1, 0.15) is 6.61 Å². The largest absolute Gasteiger partial charge is 0.447 e. The topological polar surface area (TPSA) is 38.3 Å². The highest BCUT2D eigenvalue weighted by atomic mass is 79.9. The smallest absolute Gasteiger partial charge is 0.407 e. The molecule has 2 aromatic carbocycles. The molecule has 2 atom stereocenters. The van der Waals surface area contributed by atoms with E-state index in [-0.39, 0.29) is 17.0 Å². The van der Waals surface area contributed by atoms with Crippen LogP contribution >= 0.6 is 15.9 Å². The SMILES string of the molecule is O=C1N[C@@H]([C@@H](Br)c2cccc3ccccc23)CO1. The van der Waals surface area contributed by atoms with Gasteiger partial charge in [-0.05, 0) is 16.3 Å². The van der Waals surface area contributed by atoms with Crippen molar-refractivity contribution in [2.45, 2.75) is 10.9 Å².